The van der Waals surface area contributed by atoms with Crippen molar-refractivity contribution in [3.63, 3.8) is 0 Å². The van der Waals surface area contributed by atoms with Gasteiger partial charge in [-0.15, -0.1) is 0 Å². The van der Waals surface area contributed by atoms with E-state index in [0.29, 0.717) is 30.0 Å². The average Bonchev–Trinajstić information content (AvgIpc) is 3.07. The van der Waals surface area contributed by atoms with Crippen LogP contribution in [0, 0.1) is 5.92 Å². The molecule has 1 unspecified atom stereocenters. The van der Waals surface area contributed by atoms with Gasteiger partial charge in [-0.05, 0) is 43.0 Å². The Bertz CT molecular complexity index is 814. The number of hydrogen-bond acceptors (Lipinski definition) is 3. The summed E-state index contributed by atoms with van der Waals surface area (Å²) in [4.78, 5) is 26.0. The number of carboxylic acid groups (broad SMARTS) is 1. The van der Waals surface area contributed by atoms with E-state index in [1.165, 1.54) is 0 Å². The van der Waals surface area contributed by atoms with Crippen LogP contribution in [0.3, 0.4) is 0 Å². The molecule has 1 amide bonds. The second-order valence-electron chi connectivity index (χ2n) is 6.91. The number of carbonyl (C=O) groups is 2. The lowest BCUT2D eigenvalue weighted by Gasteiger charge is -2.31. The zero-order valence-corrected chi connectivity index (χ0v) is 15.6. The molecule has 0 aliphatic carbocycles. The van der Waals surface area contributed by atoms with Crippen LogP contribution in [0.25, 0.3) is 5.69 Å². The van der Waals surface area contributed by atoms with Crippen LogP contribution in [0.2, 0.25) is 5.02 Å². The number of carbonyl (C=O) groups excluding carboxylic acids is 1. The average molecular weight is 376 g/mol. The first-order valence-corrected chi connectivity index (χ1v) is 9.12. The molecule has 2 heterocycles. The summed E-state index contributed by atoms with van der Waals surface area (Å²) in [5.74, 6) is -1.42. The van der Waals surface area contributed by atoms with E-state index in [0.717, 1.165) is 11.4 Å². The molecule has 1 aliphatic heterocycles. The first kappa shape index (κ1) is 18.5. The highest BCUT2D eigenvalue weighted by Crippen LogP contribution is 2.26. The molecule has 3 rings (SSSR count). The normalized spacial score (nSPS) is 17.5. The van der Waals surface area contributed by atoms with Crippen LogP contribution in [-0.2, 0) is 4.79 Å². The number of rotatable bonds is 4. The van der Waals surface area contributed by atoms with Gasteiger partial charge in [0, 0.05) is 18.1 Å². The summed E-state index contributed by atoms with van der Waals surface area (Å²) in [6, 6.07) is 7.28. The van der Waals surface area contributed by atoms with Crippen LogP contribution in [0.1, 0.15) is 48.7 Å². The summed E-state index contributed by atoms with van der Waals surface area (Å²) in [5.41, 5.74) is 2.18. The second kappa shape index (κ2) is 7.50. The van der Waals surface area contributed by atoms with E-state index in [4.69, 9.17) is 11.6 Å². The van der Waals surface area contributed by atoms with Crippen molar-refractivity contribution >= 4 is 23.5 Å². The maximum atomic E-state index is 13.1. The minimum atomic E-state index is -0.844. The van der Waals surface area contributed by atoms with Crippen molar-refractivity contribution in [3.8, 4) is 5.69 Å². The van der Waals surface area contributed by atoms with Crippen molar-refractivity contribution in [2.45, 2.75) is 32.6 Å². The fourth-order valence-electron chi connectivity index (χ4n) is 3.40. The smallest absolute Gasteiger partial charge is 0.308 e. The molecular weight excluding hydrogens is 354 g/mol. The standard InChI is InChI=1S/C19H22ClN3O3/c1-12(2)17-16(10-21-23(17)15-7-5-14(20)6-8-15)18(24)22-9-3-4-13(11-22)19(25)26/h5-8,10,12-13H,3-4,9,11H2,1-2H3,(H,25,26). The van der Waals surface area contributed by atoms with E-state index in [-0.39, 0.29) is 18.4 Å². The summed E-state index contributed by atoms with van der Waals surface area (Å²) < 4.78 is 1.76. The monoisotopic (exact) mass is 375 g/mol. The summed E-state index contributed by atoms with van der Waals surface area (Å²) in [6.45, 7) is 4.84. The largest absolute Gasteiger partial charge is 0.481 e. The lowest BCUT2D eigenvalue weighted by molar-refractivity contribution is -0.143. The van der Waals surface area contributed by atoms with Crippen molar-refractivity contribution < 1.29 is 14.7 Å². The molecule has 138 valence electrons. The number of halogens is 1. The highest BCUT2D eigenvalue weighted by molar-refractivity contribution is 6.30. The van der Waals surface area contributed by atoms with Crippen LogP contribution in [0.4, 0.5) is 0 Å². The van der Waals surface area contributed by atoms with Gasteiger partial charge in [0.1, 0.15) is 0 Å². The van der Waals surface area contributed by atoms with Gasteiger partial charge in [-0.25, -0.2) is 4.68 Å². The van der Waals surface area contributed by atoms with Gasteiger partial charge in [-0.2, -0.15) is 5.10 Å². The highest BCUT2D eigenvalue weighted by Gasteiger charge is 2.31. The lowest BCUT2D eigenvalue weighted by atomic mass is 9.97. The third kappa shape index (κ3) is 3.60. The van der Waals surface area contributed by atoms with E-state index in [9.17, 15) is 14.7 Å². The molecule has 0 bridgehead atoms. The van der Waals surface area contributed by atoms with Gasteiger partial charge >= 0.3 is 5.97 Å². The molecule has 1 saturated heterocycles. The maximum Gasteiger partial charge on any atom is 0.308 e. The highest BCUT2D eigenvalue weighted by atomic mass is 35.5. The SMILES string of the molecule is CC(C)c1c(C(=O)N2CCCC(C(=O)O)C2)cnn1-c1ccc(Cl)cc1. The molecule has 1 fully saturated rings. The second-order valence-corrected chi connectivity index (χ2v) is 7.35. The summed E-state index contributed by atoms with van der Waals surface area (Å²) in [6.07, 6.45) is 2.89. The topological polar surface area (TPSA) is 75.4 Å². The maximum absolute atomic E-state index is 13.1. The van der Waals surface area contributed by atoms with E-state index in [1.54, 1.807) is 27.9 Å². The molecule has 26 heavy (non-hydrogen) atoms. The van der Waals surface area contributed by atoms with E-state index < -0.39 is 11.9 Å². The van der Waals surface area contributed by atoms with Crippen molar-refractivity contribution in [1.29, 1.82) is 0 Å². The third-order valence-corrected chi connectivity index (χ3v) is 4.96. The minimum absolute atomic E-state index is 0.0761. The van der Waals surface area contributed by atoms with Crippen LogP contribution in [0.15, 0.2) is 30.5 Å². The number of hydrogen-bond donors (Lipinski definition) is 1. The number of benzene rings is 1. The number of aromatic nitrogens is 2. The molecule has 0 radical (unpaired) electrons. The summed E-state index contributed by atoms with van der Waals surface area (Å²) in [7, 11) is 0. The zero-order chi connectivity index (χ0) is 18.8. The quantitative estimate of drug-likeness (QED) is 0.886. The molecule has 1 aromatic carbocycles. The van der Waals surface area contributed by atoms with Crippen molar-refractivity contribution in [2.24, 2.45) is 5.92 Å². The Labute approximate surface area is 157 Å². The molecule has 0 saturated carbocycles. The lowest BCUT2D eigenvalue weighted by Crippen LogP contribution is -2.42. The van der Waals surface area contributed by atoms with Gasteiger partial charge in [0.05, 0.1) is 29.1 Å². The van der Waals surface area contributed by atoms with E-state index in [1.807, 2.05) is 26.0 Å². The first-order valence-electron chi connectivity index (χ1n) is 8.74. The Morgan fingerprint density at radius 2 is 1.96 bits per heavy atom. The number of aliphatic carboxylic acids is 1. The van der Waals surface area contributed by atoms with Crippen molar-refractivity contribution in [2.75, 3.05) is 13.1 Å². The Kier molecular flexibility index (Phi) is 5.32. The molecule has 0 spiro atoms. The Hall–Kier alpha value is -2.34. The fourth-order valence-corrected chi connectivity index (χ4v) is 3.53. The summed E-state index contributed by atoms with van der Waals surface area (Å²) >= 11 is 5.96. The van der Waals surface area contributed by atoms with Crippen molar-refractivity contribution in [1.82, 2.24) is 14.7 Å². The Morgan fingerprint density at radius 3 is 2.58 bits per heavy atom. The number of nitrogens with zero attached hydrogens (tertiary/aromatic N) is 3. The van der Waals surface area contributed by atoms with Crippen LogP contribution < -0.4 is 0 Å². The van der Waals surface area contributed by atoms with E-state index in [2.05, 4.69) is 5.10 Å². The van der Waals surface area contributed by atoms with Gasteiger partial charge in [-0.1, -0.05) is 25.4 Å². The molecule has 1 N–H and O–H groups in total. The Morgan fingerprint density at radius 1 is 1.27 bits per heavy atom. The number of amides is 1. The number of likely N-dealkylation sites (tertiary alicyclic amines) is 1. The van der Waals surface area contributed by atoms with Crippen LogP contribution in [-0.4, -0.2) is 44.8 Å². The van der Waals surface area contributed by atoms with Crippen molar-refractivity contribution in [3.05, 3.63) is 46.7 Å². The van der Waals surface area contributed by atoms with Gasteiger partial charge in [0.2, 0.25) is 0 Å². The summed E-state index contributed by atoms with van der Waals surface area (Å²) in [5, 5.41) is 14.3. The Balaban J connectivity index is 1.93. The molecule has 1 aromatic heterocycles. The molecule has 2 aromatic rings. The van der Waals surface area contributed by atoms with Gasteiger partial charge in [0.25, 0.3) is 5.91 Å². The molecule has 7 heteroatoms. The predicted molar refractivity (Wildman–Crippen MR) is 98.9 cm³/mol. The number of piperidine rings is 1. The van der Waals surface area contributed by atoms with Crippen LogP contribution >= 0.6 is 11.6 Å². The van der Waals surface area contributed by atoms with Gasteiger partial charge in [0.15, 0.2) is 0 Å². The van der Waals surface area contributed by atoms with Gasteiger partial charge in [-0.3, -0.25) is 9.59 Å². The molecule has 6 nitrogen and oxygen atoms in total. The predicted octanol–water partition coefficient (Wildman–Crippen LogP) is 3.59. The third-order valence-electron chi connectivity index (χ3n) is 4.71. The molecule has 1 atom stereocenters. The van der Waals surface area contributed by atoms with Crippen LogP contribution in [0.5, 0.6) is 0 Å². The fraction of sp³-hybridized carbons (Fsp3) is 0.421. The molecular formula is C19H22ClN3O3. The molecule has 1 aliphatic rings. The van der Waals surface area contributed by atoms with Gasteiger partial charge < -0.3 is 10.0 Å². The minimum Gasteiger partial charge on any atom is -0.481 e. The number of carboxylic acids is 1. The van der Waals surface area contributed by atoms with E-state index >= 15 is 0 Å². The zero-order valence-electron chi connectivity index (χ0n) is 14.9. The first-order chi connectivity index (χ1) is 12.4.